The van der Waals surface area contributed by atoms with Crippen LogP contribution in [0.2, 0.25) is 0 Å². The highest BCUT2D eigenvalue weighted by Crippen LogP contribution is 2.47. The maximum Gasteiger partial charge on any atom is 0.501 e. The Balaban J connectivity index is 1.74. The van der Waals surface area contributed by atoms with Crippen molar-refractivity contribution in [3.8, 4) is 0 Å². The second-order valence-corrected chi connectivity index (χ2v) is 17.0. The highest BCUT2D eigenvalue weighted by atomic mass is 32.2. The van der Waals surface area contributed by atoms with Crippen LogP contribution >= 0.6 is 19.4 Å². The summed E-state index contributed by atoms with van der Waals surface area (Å²) in [4.78, 5) is 3.33. The third-order valence-electron chi connectivity index (χ3n) is 7.03. The van der Waals surface area contributed by atoms with Gasteiger partial charge >= 0.3 is 13.1 Å². The SMILES string of the molecule is CCOP(=O)(CCN1CCN(CC[C@H](CSc2ccccc2)Nc2ccc(S(N)(=O)=O)cc2S(=O)(=O)C(F)(F)F)CC1)OCC. The first-order valence-electron chi connectivity index (χ1n) is 14.3. The number of hydrogen-bond donors (Lipinski definition) is 2. The molecule has 1 aliphatic heterocycles. The number of sulfonamides is 1. The van der Waals surface area contributed by atoms with Crippen LogP contribution in [0.1, 0.15) is 20.3 Å². The van der Waals surface area contributed by atoms with Crippen molar-refractivity contribution in [2.45, 2.75) is 46.5 Å². The van der Waals surface area contributed by atoms with E-state index in [9.17, 15) is 34.6 Å². The average Bonchev–Trinajstić information content (AvgIpc) is 2.98. The predicted octanol–water partition coefficient (Wildman–Crippen LogP) is 4.47. The lowest BCUT2D eigenvalue weighted by atomic mass is 10.2. The van der Waals surface area contributed by atoms with E-state index < -0.39 is 48.8 Å². The van der Waals surface area contributed by atoms with E-state index in [1.807, 2.05) is 30.3 Å². The van der Waals surface area contributed by atoms with Gasteiger partial charge in [0.1, 0.15) is 4.90 Å². The number of hydrogen-bond acceptors (Lipinski definition) is 11. The Bertz CT molecular complexity index is 1500. The minimum absolute atomic E-state index is 0.283. The van der Waals surface area contributed by atoms with Crippen LogP contribution in [0.15, 0.2) is 63.2 Å². The molecular formula is C27H40F3N4O7PS3. The fourth-order valence-corrected chi connectivity index (χ4v) is 8.88. The summed E-state index contributed by atoms with van der Waals surface area (Å²) in [5.74, 6) is 0.385. The molecule has 0 unspecified atom stereocenters. The van der Waals surface area contributed by atoms with Crippen LogP contribution in [0, 0.1) is 0 Å². The second-order valence-electron chi connectivity index (χ2n) is 10.3. The zero-order chi connectivity index (χ0) is 33.3. The molecule has 1 heterocycles. The minimum Gasteiger partial charge on any atom is -0.380 e. The second kappa shape index (κ2) is 16.4. The summed E-state index contributed by atoms with van der Waals surface area (Å²) in [7, 11) is -13.5. The Morgan fingerprint density at radius 1 is 0.956 bits per heavy atom. The minimum atomic E-state index is -5.91. The lowest BCUT2D eigenvalue weighted by Gasteiger charge is -2.36. The molecule has 1 saturated heterocycles. The summed E-state index contributed by atoms with van der Waals surface area (Å²) in [6.07, 6.45) is 0.733. The van der Waals surface area contributed by atoms with Crippen molar-refractivity contribution < 1.29 is 43.6 Å². The van der Waals surface area contributed by atoms with Crippen LogP contribution in [0.5, 0.6) is 0 Å². The standard InChI is InChI=1S/C27H40F3N4O7PS3/c1-3-40-42(35,41-4-2)19-18-34-16-14-33(15-17-34)13-12-22(21-43-23-8-6-5-7-9-23)32-25-11-10-24(45(31,38)39)20-26(25)44(36,37)27(28,29)30/h5-11,20,22,32H,3-4,12-19,21H2,1-2H3,(H2,31,38,39)/t22-/m1/s1. The first-order valence-corrected chi connectivity index (χ1v) is 20.1. The van der Waals surface area contributed by atoms with Gasteiger partial charge in [0, 0.05) is 56.0 Å². The number of sulfone groups is 1. The van der Waals surface area contributed by atoms with E-state index in [4.69, 9.17) is 14.2 Å². The fraction of sp³-hybridized carbons (Fsp3) is 0.556. The van der Waals surface area contributed by atoms with Gasteiger partial charge in [-0.3, -0.25) is 4.57 Å². The number of benzene rings is 2. The molecule has 3 N–H and O–H groups in total. The molecule has 2 aromatic carbocycles. The monoisotopic (exact) mass is 716 g/mol. The number of nitrogens with two attached hydrogens (primary N) is 1. The molecule has 45 heavy (non-hydrogen) atoms. The van der Waals surface area contributed by atoms with Crippen molar-refractivity contribution in [3.05, 3.63) is 48.5 Å². The molecule has 0 aromatic heterocycles. The van der Waals surface area contributed by atoms with E-state index in [1.54, 1.807) is 13.8 Å². The lowest BCUT2D eigenvalue weighted by molar-refractivity contribution is -0.0435. The summed E-state index contributed by atoms with van der Waals surface area (Å²) in [5, 5.41) is 8.04. The van der Waals surface area contributed by atoms with Crippen molar-refractivity contribution in [2.75, 3.05) is 69.7 Å². The number of nitrogens with one attached hydrogen (secondary N) is 1. The van der Waals surface area contributed by atoms with E-state index in [2.05, 4.69) is 15.1 Å². The molecule has 0 spiro atoms. The van der Waals surface area contributed by atoms with Gasteiger partial charge in [0.15, 0.2) is 0 Å². The average molecular weight is 717 g/mol. The molecule has 3 rings (SSSR count). The summed E-state index contributed by atoms with van der Waals surface area (Å²) < 4.78 is 113. The van der Waals surface area contributed by atoms with Crippen LogP contribution in [0.25, 0.3) is 0 Å². The van der Waals surface area contributed by atoms with E-state index in [0.717, 1.165) is 17.0 Å². The first kappa shape index (κ1) is 37.8. The van der Waals surface area contributed by atoms with Crippen LogP contribution in [0.3, 0.4) is 0 Å². The molecule has 0 amide bonds. The van der Waals surface area contributed by atoms with Crippen molar-refractivity contribution in [2.24, 2.45) is 5.14 Å². The van der Waals surface area contributed by atoms with E-state index in [0.29, 0.717) is 70.7 Å². The molecule has 11 nitrogen and oxygen atoms in total. The molecule has 0 radical (unpaired) electrons. The Labute approximate surface area is 267 Å². The first-order chi connectivity index (χ1) is 21.1. The summed E-state index contributed by atoms with van der Waals surface area (Å²) >= 11 is 1.45. The summed E-state index contributed by atoms with van der Waals surface area (Å²) in [6, 6.07) is 11.3. The van der Waals surface area contributed by atoms with Crippen LogP contribution in [-0.2, 0) is 33.5 Å². The van der Waals surface area contributed by atoms with E-state index in [1.165, 1.54) is 11.8 Å². The van der Waals surface area contributed by atoms with Crippen molar-refractivity contribution in [1.82, 2.24) is 9.80 Å². The predicted molar refractivity (Wildman–Crippen MR) is 169 cm³/mol. The van der Waals surface area contributed by atoms with E-state index in [-0.39, 0.29) is 11.8 Å². The highest BCUT2D eigenvalue weighted by Gasteiger charge is 2.48. The molecular weight excluding hydrogens is 676 g/mol. The molecule has 18 heteroatoms. The maximum absolute atomic E-state index is 13.6. The van der Waals surface area contributed by atoms with Crippen LogP contribution in [-0.4, -0.2) is 103 Å². The third kappa shape index (κ3) is 11.2. The number of rotatable bonds is 17. The van der Waals surface area contributed by atoms with Gasteiger partial charge in [-0.05, 0) is 50.6 Å². The Morgan fingerprint density at radius 3 is 2.07 bits per heavy atom. The number of anilines is 1. The molecule has 0 bridgehead atoms. The topological polar surface area (TPSA) is 148 Å². The van der Waals surface area contributed by atoms with Gasteiger partial charge in [-0.15, -0.1) is 11.8 Å². The molecule has 1 atom stereocenters. The van der Waals surface area contributed by atoms with Gasteiger partial charge in [0.05, 0.1) is 30.0 Å². The molecule has 2 aromatic rings. The smallest absolute Gasteiger partial charge is 0.380 e. The Kier molecular flexibility index (Phi) is 13.8. The largest absolute Gasteiger partial charge is 0.501 e. The maximum atomic E-state index is 13.6. The van der Waals surface area contributed by atoms with Crippen molar-refractivity contribution in [3.63, 3.8) is 0 Å². The molecule has 0 aliphatic carbocycles. The van der Waals surface area contributed by atoms with E-state index >= 15 is 0 Å². The van der Waals surface area contributed by atoms with Gasteiger partial charge < -0.3 is 24.2 Å². The van der Waals surface area contributed by atoms with Gasteiger partial charge in [0.2, 0.25) is 10.0 Å². The summed E-state index contributed by atoms with van der Waals surface area (Å²) in [6.45, 7) is 8.04. The number of halogens is 3. The quantitative estimate of drug-likeness (QED) is 0.177. The number of primary sulfonamides is 1. The third-order valence-corrected chi connectivity index (χ3v) is 12.7. The lowest BCUT2D eigenvalue weighted by Crippen LogP contribution is -2.48. The normalized spacial score (nSPS) is 16.5. The van der Waals surface area contributed by atoms with Crippen molar-refractivity contribution >= 4 is 44.9 Å². The summed E-state index contributed by atoms with van der Waals surface area (Å²) in [5.41, 5.74) is -6.02. The van der Waals surface area contributed by atoms with Gasteiger partial charge in [-0.25, -0.2) is 22.0 Å². The van der Waals surface area contributed by atoms with Crippen LogP contribution < -0.4 is 10.5 Å². The van der Waals surface area contributed by atoms with Gasteiger partial charge in [-0.2, -0.15) is 13.2 Å². The van der Waals surface area contributed by atoms with Crippen molar-refractivity contribution in [1.29, 1.82) is 0 Å². The van der Waals surface area contributed by atoms with Crippen LogP contribution in [0.4, 0.5) is 18.9 Å². The fourth-order valence-electron chi connectivity index (χ4n) is 4.68. The number of piperazine rings is 1. The van der Waals surface area contributed by atoms with Gasteiger partial charge in [-0.1, -0.05) is 18.2 Å². The zero-order valence-corrected chi connectivity index (χ0v) is 28.5. The van der Waals surface area contributed by atoms with Gasteiger partial charge in [0.25, 0.3) is 9.84 Å². The number of thioether (sulfide) groups is 1. The molecule has 254 valence electrons. The molecule has 0 saturated carbocycles. The molecule has 1 aliphatic rings. The Morgan fingerprint density at radius 2 is 1.53 bits per heavy atom. The molecule has 1 fully saturated rings. The Hall–Kier alpha value is -1.69. The number of alkyl halides is 3. The highest BCUT2D eigenvalue weighted by molar-refractivity contribution is 7.99. The zero-order valence-electron chi connectivity index (χ0n) is 25.1. The number of nitrogens with zero attached hydrogens (tertiary/aromatic N) is 2.